The number of carbonyl (C=O) groups excluding carboxylic acids is 1. The molecule has 1 aromatic heterocycles. The molecule has 0 radical (unpaired) electrons. The van der Waals surface area contributed by atoms with Crippen molar-refractivity contribution in [2.75, 3.05) is 19.0 Å². The number of nitrogens with zero attached hydrogens (tertiary/aromatic N) is 3. The first kappa shape index (κ1) is 15.0. The number of carbonyl (C=O) groups is 1. The average molecular weight is 272 g/mol. The Balaban J connectivity index is 2.83. The van der Waals surface area contributed by atoms with Gasteiger partial charge in [-0.05, 0) is 18.9 Å². The summed E-state index contributed by atoms with van der Waals surface area (Å²) in [5, 5.41) is 4.31. The van der Waals surface area contributed by atoms with Gasteiger partial charge in [0.15, 0.2) is 0 Å². The molecule has 102 valence electrons. The molecule has 4 nitrogen and oxygen atoms in total. The van der Waals surface area contributed by atoms with Crippen LogP contribution in [0.5, 0.6) is 0 Å². The molecule has 0 atom stereocenters. The zero-order valence-corrected chi connectivity index (χ0v) is 12.2. The Morgan fingerprint density at radius 3 is 2.67 bits per heavy atom. The molecule has 1 rings (SSSR count). The predicted molar refractivity (Wildman–Crippen MR) is 74.1 cm³/mol. The summed E-state index contributed by atoms with van der Waals surface area (Å²) in [4.78, 5) is 14.2. The zero-order valence-electron chi connectivity index (χ0n) is 11.4. The van der Waals surface area contributed by atoms with Gasteiger partial charge in [0, 0.05) is 26.0 Å². The molecule has 0 aliphatic rings. The van der Waals surface area contributed by atoms with Crippen LogP contribution in [-0.2, 0) is 13.5 Å². The van der Waals surface area contributed by atoms with Crippen molar-refractivity contribution in [1.29, 1.82) is 0 Å². The molecule has 1 amide bonds. The quantitative estimate of drug-likeness (QED) is 0.715. The molecular weight excluding hydrogens is 250 g/mol. The lowest BCUT2D eigenvalue weighted by molar-refractivity contribution is 0.0752. The molecule has 0 saturated heterocycles. The average Bonchev–Trinajstić information content (AvgIpc) is 2.75. The van der Waals surface area contributed by atoms with Crippen LogP contribution in [0.1, 0.15) is 42.9 Å². The Morgan fingerprint density at radius 2 is 2.17 bits per heavy atom. The zero-order chi connectivity index (χ0) is 13.5. The van der Waals surface area contributed by atoms with Gasteiger partial charge in [-0.3, -0.25) is 9.48 Å². The third-order valence-electron chi connectivity index (χ3n) is 2.94. The van der Waals surface area contributed by atoms with E-state index in [0.717, 1.165) is 31.5 Å². The molecule has 0 aromatic carbocycles. The van der Waals surface area contributed by atoms with Gasteiger partial charge in [-0.2, -0.15) is 5.10 Å². The maximum atomic E-state index is 12.4. The molecule has 0 aliphatic heterocycles. The van der Waals surface area contributed by atoms with Crippen molar-refractivity contribution < 1.29 is 4.79 Å². The fourth-order valence-corrected chi connectivity index (χ4v) is 2.03. The van der Waals surface area contributed by atoms with Crippen LogP contribution in [0.15, 0.2) is 6.07 Å². The minimum atomic E-state index is 0.0267. The summed E-state index contributed by atoms with van der Waals surface area (Å²) in [6.07, 6.45) is 2.91. The van der Waals surface area contributed by atoms with Gasteiger partial charge in [0.05, 0.1) is 5.69 Å². The molecule has 0 bridgehead atoms. The van der Waals surface area contributed by atoms with E-state index in [1.807, 2.05) is 24.9 Å². The second-order valence-electron chi connectivity index (χ2n) is 4.33. The standard InChI is InChI=1S/C13H22ClN3O/c1-4-6-8-17(9-7-14)13(18)12-10-11(5-2)15-16(12)3/h10H,4-9H2,1-3H3. The topological polar surface area (TPSA) is 38.1 Å². The van der Waals surface area contributed by atoms with Crippen LogP contribution >= 0.6 is 11.6 Å². The number of rotatable bonds is 7. The van der Waals surface area contributed by atoms with Crippen LogP contribution in [0.3, 0.4) is 0 Å². The van der Waals surface area contributed by atoms with E-state index < -0.39 is 0 Å². The van der Waals surface area contributed by atoms with E-state index in [1.165, 1.54) is 0 Å². The van der Waals surface area contributed by atoms with Crippen LogP contribution in [0.2, 0.25) is 0 Å². The third kappa shape index (κ3) is 3.73. The maximum Gasteiger partial charge on any atom is 0.272 e. The monoisotopic (exact) mass is 271 g/mol. The molecular formula is C13H22ClN3O. The van der Waals surface area contributed by atoms with Gasteiger partial charge in [-0.15, -0.1) is 11.6 Å². The van der Waals surface area contributed by atoms with Crippen molar-refractivity contribution in [3.05, 3.63) is 17.5 Å². The predicted octanol–water partition coefficient (Wildman–Crippen LogP) is 2.46. The van der Waals surface area contributed by atoms with Crippen LogP contribution < -0.4 is 0 Å². The molecule has 0 spiro atoms. The Bertz CT molecular complexity index is 390. The van der Waals surface area contributed by atoms with Crippen molar-refractivity contribution in [2.45, 2.75) is 33.1 Å². The first-order chi connectivity index (χ1) is 8.63. The van der Waals surface area contributed by atoms with Crippen LogP contribution in [0.4, 0.5) is 0 Å². The summed E-state index contributed by atoms with van der Waals surface area (Å²) in [5.41, 5.74) is 1.59. The van der Waals surface area contributed by atoms with Gasteiger partial charge in [0.2, 0.25) is 0 Å². The van der Waals surface area contributed by atoms with E-state index in [1.54, 1.807) is 4.68 Å². The summed E-state index contributed by atoms with van der Waals surface area (Å²) in [5.74, 6) is 0.493. The lowest BCUT2D eigenvalue weighted by atomic mass is 10.2. The normalized spacial score (nSPS) is 10.7. The van der Waals surface area contributed by atoms with Crippen molar-refractivity contribution in [2.24, 2.45) is 7.05 Å². The SMILES string of the molecule is CCCCN(CCCl)C(=O)c1cc(CC)nn1C. The van der Waals surface area contributed by atoms with Crippen molar-refractivity contribution in [3.63, 3.8) is 0 Å². The summed E-state index contributed by atoms with van der Waals surface area (Å²) in [6, 6.07) is 1.87. The smallest absolute Gasteiger partial charge is 0.272 e. The van der Waals surface area contributed by atoms with Gasteiger partial charge < -0.3 is 4.90 Å². The largest absolute Gasteiger partial charge is 0.336 e. The van der Waals surface area contributed by atoms with E-state index in [-0.39, 0.29) is 5.91 Å². The van der Waals surface area contributed by atoms with Gasteiger partial charge in [0.1, 0.15) is 5.69 Å². The van der Waals surface area contributed by atoms with E-state index in [0.29, 0.717) is 18.1 Å². The molecule has 5 heteroatoms. The summed E-state index contributed by atoms with van der Waals surface area (Å²) >= 11 is 5.76. The molecule has 1 heterocycles. The Hall–Kier alpha value is -1.03. The molecule has 0 fully saturated rings. The minimum Gasteiger partial charge on any atom is -0.336 e. The molecule has 0 aliphatic carbocycles. The van der Waals surface area contributed by atoms with Gasteiger partial charge in [-0.25, -0.2) is 0 Å². The highest BCUT2D eigenvalue weighted by atomic mass is 35.5. The highest BCUT2D eigenvalue weighted by Crippen LogP contribution is 2.09. The highest BCUT2D eigenvalue weighted by Gasteiger charge is 2.19. The lowest BCUT2D eigenvalue weighted by Gasteiger charge is -2.21. The number of aryl methyl sites for hydroxylation is 2. The van der Waals surface area contributed by atoms with Crippen molar-refractivity contribution in [3.8, 4) is 0 Å². The first-order valence-electron chi connectivity index (χ1n) is 6.52. The second-order valence-corrected chi connectivity index (χ2v) is 4.71. The molecule has 0 N–H and O–H groups in total. The van der Waals surface area contributed by atoms with E-state index in [2.05, 4.69) is 12.0 Å². The summed E-state index contributed by atoms with van der Waals surface area (Å²) in [7, 11) is 1.81. The molecule has 1 aromatic rings. The second kappa shape index (κ2) is 7.41. The minimum absolute atomic E-state index is 0.0267. The fraction of sp³-hybridized carbons (Fsp3) is 0.692. The summed E-state index contributed by atoms with van der Waals surface area (Å²) < 4.78 is 1.66. The first-order valence-corrected chi connectivity index (χ1v) is 7.05. The molecule has 0 saturated carbocycles. The number of amides is 1. The number of aromatic nitrogens is 2. The molecule has 18 heavy (non-hydrogen) atoms. The number of hydrogen-bond donors (Lipinski definition) is 0. The van der Waals surface area contributed by atoms with Crippen molar-refractivity contribution >= 4 is 17.5 Å². The molecule has 0 unspecified atom stereocenters. The Labute approximate surface area is 114 Å². The highest BCUT2D eigenvalue weighted by molar-refractivity contribution is 6.18. The van der Waals surface area contributed by atoms with Gasteiger partial charge >= 0.3 is 0 Å². The number of alkyl halides is 1. The third-order valence-corrected chi connectivity index (χ3v) is 3.10. The van der Waals surface area contributed by atoms with Crippen LogP contribution in [0.25, 0.3) is 0 Å². The van der Waals surface area contributed by atoms with Crippen LogP contribution in [0, 0.1) is 0 Å². The maximum absolute atomic E-state index is 12.4. The van der Waals surface area contributed by atoms with Gasteiger partial charge in [0.25, 0.3) is 5.91 Å². The van der Waals surface area contributed by atoms with E-state index in [9.17, 15) is 4.79 Å². The van der Waals surface area contributed by atoms with E-state index >= 15 is 0 Å². The Morgan fingerprint density at radius 1 is 1.44 bits per heavy atom. The number of unbranched alkanes of at least 4 members (excludes halogenated alkanes) is 1. The number of hydrogen-bond acceptors (Lipinski definition) is 2. The van der Waals surface area contributed by atoms with E-state index in [4.69, 9.17) is 11.6 Å². The number of halogens is 1. The Kier molecular flexibility index (Phi) is 6.19. The van der Waals surface area contributed by atoms with Crippen molar-refractivity contribution in [1.82, 2.24) is 14.7 Å². The fourth-order valence-electron chi connectivity index (χ4n) is 1.83. The lowest BCUT2D eigenvalue weighted by Crippen LogP contribution is -2.34. The summed E-state index contributed by atoms with van der Waals surface area (Å²) in [6.45, 7) is 5.49. The van der Waals surface area contributed by atoms with Crippen LogP contribution in [-0.4, -0.2) is 39.6 Å². The van der Waals surface area contributed by atoms with Gasteiger partial charge in [-0.1, -0.05) is 20.3 Å².